The van der Waals surface area contributed by atoms with E-state index in [2.05, 4.69) is 5.32 Å². The van der Waals surface area contributed by atoms with Gasteiger partial charge in [-0.25, -0.2) is 12.8 Å². The Balaban J connectivity index is 2.61. The maximum Gasteiger partial charge on any atom is 0.245 e. The fourth-order valence-electron chi connectivity index (χ4n) is 1.76. The number of fused-ring (bicyclic) bond motifs is 1. The number of anilines is 1. The van der Waals surface area contributed by atoms with Gasteiger partial charge >= 0.3 is 0 Å². The highest BCUT2D eigenvalue weighted by Crippen LogP contribution is 2.27. The molecule has 0 radical (unpaired) electrons. The molecule has 4 nitrogen and oxygen atoms in total. The molecule has 0 bridgehead atoms. The summed E-state index contributed by atoms with van der Waals surface area (Å²) in [4.78, 5) is 0.0202. The van der Waals surface area contributed by atoms with Crippen LogP contribution in [-0.4, -0.2) is 32.4 Å². The molecule has 1 aliphatic heterocycles. The SMILES string of the molecule is CCN1CCNc2ccc(F)cc2S1(=O)=O. The van der Waals surface area contributed by atoms with Crippen molar-refractivity contribution in [1.29, 1.82) is 0 Å². The molecule has 88 valence electrons. The summed E-state index contributed by atoms with van der Waals surface area (Å²) in [6.45, 7) is 3.09. The van der Waals surface area contributed by atoms with Crippen molar-refractivity contribution in [1.82, 2.24) is 4.31 Å². The van der Waals surface area contributed by atoms with Crippen molar-refractivity contribution in [3.63, 3.8) is 0 Å². The first-order valence-electron chi connectivity index (χ1n) is 5.09. The molecular weight excluding hydrogens is 231 g/mol. The molecule has 0 atom stereocenters. The normalized spacial score (nSPS) is 19.6. The van der Waals surface area contributed by atoms with Crippen LogP contribution in [-0.2, 0) is 10.0 Å². The monoisotopic (exact) mass is 244 g/mol. The largest absolute Gasteiger partial charge is 0.383 e. The van der Waals surface area contributed by atoms with Gasteiger partial charge in [0.1, 0.15) is 10.7 Å². The van der Waals surface area contributed by atoms with Gasteiger partial charge in [0, 0.05) is 19.6 Å². The molecule has 0 aromatic heterocycles. The fraction of sp³-hybridized carbons (Fsp3) is 0.400. The first kappa shape index (κ1) is 11.3. The number of nitrogens with zero attached hydrogens (tertiary/aromatic N) is 1. The quantitative estimate of drug-likeness (QED) is 0.809. The molecule has 16 heavy (non-hydrogen) atoms. The van der Waals surface area contributed by atoms with Gasteiger partial charge in [0.15, 0.2) is 0 Å². The average Bonchev–Trinajstić information content (AvgIpc) is 2.36. The molecule has 0 spiro atoms. The summed E-state index contributed by atoms with van der Waals surface area (Å²) in [5, 5.41) is 2.98. The van der Waals surface area contributed by atoms with Crippen molar-refractivity contribution in [3.8, 4) is 0 Å². The Hall–Kier alpha value is -1.14. The van der Waals surface area contributed by atoms with Crippen LogP contribution in [0, 0.1) is 5.82 Å². The number of rotatable bonds is 1. The molecule has 2 rings (SSSR count). The Morgan fingerprint density at radius 2 is 2.25 bits per heavy atom. The maximum absolute atomic E-state index is 13.1. The van der Waals surface area contributed by atoms with E-state index in [1.54, 1.807) is 6.92 Å². The van der Waals surface area contributed by atoms with Gasteiger partial charge in [-0.3, -0.25) is 0 Å². The van der Waals surface area contributed by atoms with Crippen molar-refractivity contribution in [3.05, 3.63) is 24.0 Å². The number of nitrogens with one attached hydrogen (secondary N) is 1. The number of likely N-dealkylation sites (N-methyl/N-ethyl adjacent to an activating group) is 1. The summed E-state index contributed by atoms with van der Waals surface area (Å²) in [6.07, 6.45) is 0. The van der Waals surface area contributed by atoms with Crippen LogP contribution in [0.1, 0.15) is 6.92 Å². The van der Waals surface area contributed by atoms with Gasteiger partial charge < -0.3 is 5.32 Å². The highest BCUT2D eigenvalue weighted by Gasteiger charge is 2.28. The lowest BCUT2D eigenvalue weighted by Crippen LogP contribution is -2.32. The van der Waals surface area contributed by atoms with Crippen molar-refractivity contribution < 1.29 is 12.8 Å². The van der Waals surface area contributed by atoms with Crippen molar-refractivity contribution in [2.45, 2.75) is 11.8 Å². The molecule has 0 saturated carbocycles. The second kappa shape index (κ2) is 4.03. The highest BCUT2D eigenvalue weighted by atomic mass is 32.2. The van der Waals surface area contributed by atoms with Crippen LogP contribution in [0.3, 0.4) is 0 Å². The molecule has 0 aliphatic carbocycles. The predicted octanol–water partition coefficient (Wildman–Crippen LogP) is 1.26. The first-order chi connectivity index (χ1) is 7.55. The average molecular weight is 244 g/mol. The molecule has 1 aromatic carbocycles. The van der Waals surface area contributed by atoms with E-state index in [-0.39, 0.29) is 4.90 Å². The van der Waals surface area contributed by atoms with Crippen LogP contribution in [0.15, 0.2) is 23.1 Å². The zero-order chi connectivity index (χ0) is 11.8. The molecule has 6 heteroatoms. The maximum atomic E-state index is 13.1. The van der Waals surface area contributed by atoms with E-state index in [1.165, 1.54) is 16.4 Å². The minimum atomic E-state index is -3.56. The summed E-state index contributed by atoms with van der Waals surface area (Å²) in [6, 6.07) is 3.77. The summed E-state index contributed by atoms with van der Waals surface area (Å²) >= 11 is 0. The van der Waals surface area contributed by atoms with E-state index in [4.69, 9.17) is 0 Å². The van der Waals surface area contributed by atoms with Gasteiger partial charge in [-0.15, -0.1) is 0 Å². The van der Waals surface area contributed by atoms with Gasteiger partial charge in [-0.2, -0.15) is 4.31 Å². The molecule has 1 N–H and O–H groups in total. The van der Waals surface area contributed by atoms with Crippen LogP contribution < -0.4 is 5.32 Å². The summed E-state index contributed by atoms with van der Waals surface area (Å²) < 4.78 is 38.7. The molecular formula is C10H13FN2O2S. The molecule has 1 heterocycles. The molecule has 0 unspecified atom stereocenters. The summed E-state index contributed by atoms with van der Waals surface area (Å²) in [7, 11) is -3.56. The minimum absolute atomic E-state index is 0.0202. The van der Waals surface area contributed by atoms with Gasteiger partial charge in [-0.05, 0) is 18.2 Å². The smallest absolute Gasteiger partial charge is 0.245 e. The van der Waals surface area contributed by atoms with Gasteiger partial charge in [0.05, 0.1) is 5.69 Å². The molecule has 1 aromatic rings. The van der Waals surface area contributed by atoms with E-state index in [0.29, 0.717) is 25.3 Å². The van der Waals surface area contributed by atoms with Crippen molar-refractivity contribution in [2.24, 2.45) is 0 Å². The van der Waals surface area contributed by atoms with E-state index >= 15 is 0 Å². The molecule has 0 amide bonds. The van der Waals surface area contributed by atoms with Crippen LogP contribution in [0.2, 0.25) is 0 Å². The van der Waals surface area contributed by atoms with E-state index in [9.17, 15) is 12.8 Å². The van der Waals surface area contributed by atoms with E-state index < -0.39 is 15.8 Å². The predicted molar refractivity (Wildman–Crippen MR) is 59.3 cm³/mol. The fourth-order valence-corrected chi connectivity index (χ4v) is 3.39. The first-order valence-corrected chi connectivity index (χ1v) is 6.53. The topological polar surface area (TPSA) is 49.4 Å². The van der Waals surface area contributed by atoms with E-state index in [1.807, 2.05) is 0 Å². The third-order valence-electron chi connectivity index (χ3n) is 2.59. The standard InChI is InChI=1S/C10H13FN2O2S/c1-2-13-6-5-12-9-4-3-8(11)7-10(9)16(13,14)15/h3-4,7,12H,2,5-6H2,1H3. The number of halogens is 1. The zero-order valence-corrected chi connectivity index (χ0v) is 9.72. The Morgan fingerprint density at radius 3 is 2.94 bits per heavy atom. The Bertz CT molecular complexity index is 502. The third kappa shape index (κ3) is 1.78. The molecule has 0 fully saturated rings. The highest BCUT2D eigenvalue weighted by molar-refractivity contribution is 7.89. The molecule has 0 saturated heterocycles. The van der Waals surface area contributed by atoms with Gasteiger partial charge in [0.25, 0.3) is 0 Å². The van der Waals surface area contributed by atoms with Crippen LogP contribution in [0.5, 0.6) is 0 Å². The second-order valence-electron chi connectivity index (χ2n) is 3.56. The second-order valence-corrected chi connectivity index (χ2v) is 5.47. The van der Waals surface area contributed by atoms with Gasteiger partial charge in [-0.1, -0.05) is 6.92 Å². The van der Waals surface area contributed by atoms with E-state index in [0.717, 1.165) is 6.07 Å². The lowest BCUT2D eigenvalue weighted by molar-refractivity contribution is 0.443. The van der Waals surface area contributed by atoms with Crippen molar-refractivity contribution >= 4 is 15.7 Å². The molecule has 1 aliphatic rings. The number of sulfonamides is 1. The minimum Gasteiger partial charge on any atom is -0.383 e. The van der Waals surface area contributed by atoms with Crippen LogP contribution in [0.25, 0.3) is 0 Å². The summed E-state index contributed by atoms with van der Waals surface area (Å²) in [5.41, 5.74) is 0.470. The lowest BCUT2D eigenvalue weighted by Gasteiger charge is -2.17. The van der Waals surface area contributed by atoms with Crippen LogP contribution >= 0.6 is 0 Å². The Kier molecular flexibility index (Phi) is 2.86. The zero-order valence-electron chi connectivity index (χ0n) is 8.90. The summed E-state index contributed by atoms with van der Waals surface area (Å²) in [5.74, 6) is -0.540. The van der Waals surface area contributed by atoms with Crippen molar-refractivity contribution in [2.75, 3.05) is 25.0 Å². The third-order valence-corrected chi connectivity index (χ3v) is 4.61. The Labute approximate surface area is 94.1 Å². The number of hydrogen-bond acceptors (Lipinski definition) is 3. The number of benzene rings is 1. The van der Waals surface area contributed by atoms with Gasteiger partial charge in [0.2, 0.25) is 10.0 Å². The Morgan fingerprint density at radius 1 is 1.50 bits per heavy atom. The lowest BCUT2D eigenvalue weighted by atomic mass is 10.3. The van der Waals surface area contributed by atoms with Crippen LogP contribution in [0.4, 0.5) is 10.1 Å². The number of hydrogen-bond donors (Lipinski definition) is 1.